The maximum absolute atomic E-state index is 13.6. The molecule has 0 saturated heterocycles. The molecule has 8 nitrogen and oxygen atoms in total. The van der Waals surface area contributed by atoms with Crippen molar-refractivity contribution in [3.63, 3.8) is 0 Å². The first kappa shape index (κ1) is 29.3. The summed E-state index contributed by atoms with van der Waals surface area (Å²) in [6.07, 6.45) is 4.23. The first-order chi connectivity index (χ1) is 15.9. The maximum atomic E-state index is 13.6. The standard InChI is InChI=1S/C26H43N3O5/c1-8-9-10-11-12-17-29(24(32)19(4)28-25(33)34-26(5,6)7)22(23(31)27-18(2)3)20-13-15-21(30)16-14-20/h13-16,18-19,22,30H,8-12,17H2,1-7H3,(H,27,31)(H,28,33). The van der Waals surface area contributed by atoms with Crippen molar-refractivity contribution >= 4 is 17.9 Å². The van der Waals surface area contributed by atoms with E-state index < -0.39 is 23.8 Å². The van der Waals surface area contributed by atoms with Crippen molar-refractivity contribution in [2.24, 2.45) is 0 Å². The van der Waals surface area contributed by atoms with Crippen LogP contribution in [0, 0.1) is 0 Å². The lowest BCUT2D eigenvalue weighted by molar-refractivity contribution is -0.142. The molecule has 192 valence electrons. The van der Waals surface area contributed by atoms with Gasteiger partial charge in [-0.1, -0.05) is 44.7 Å². The Labute approximate surface area is 204 Å². The van der Waals surface area contributed by atoms with Crippen molar-refractivity contribution in [2.75, 3.05) is 6.54 Å². The molecule has 0 bridgehead atoms. The quantitative estimate of drug-likeness (QED) is 0.379. The Kier molecular flexibility index (Phi) is 11.9. The molecule has 0 aliphatic rings. The van der Waals surface area contributed by atoms with E-state index in [0.717, 1.165) is 32.1 Å². The van der Waals surface area contributed by atoms with Crippen LogP contribution < -0.4 is 10.6 Å². The Morgan fingerprint density at radius 3 is 2.09 bits per heavy atom. The first-order valence-corrected chi connectivity index (χ1v) is 12.2. The number of unbranched alkanes of at least 4 members (excludes halogenated alkanes) is 4. The van der Waals surface area contributed by atoms with E-state index in [0.29, 0.717) is 12.1 Å². The molecular weight excluding hydrogens is 434 g/mol. The van der Waals surface area contributed by atoms with Gasteiger partial charge in [0.15, 0.2) is 0 Å². The molecule has 3 N–H and O–H groups in total. The molecular formula is C26H43N3O5. The van der Waals surface area contributed by atoms with Crippen LogP contribution in [-0.2, 0) is 14.3 Å². The average molecular weight is 478 g/mol. The van der Waals surface area contributed by atoms with E-state index in [4.69, 9.17) is 4.74 Å². The number of carbonyl (C=O) groups is 3. The summed E-state index contributed by atoms with van der Waals surface area (Å²) < 4.78 is 5.29. The molecule has 0 fully saturated rings. The molecule has 2 atom stereocenters. The van der Waals surface area contributed by atoms with Gasteiger partial charge >= 0.3 is 6.09 Å². The number of amides is 3. The SMILES string of the molecule is CCCCCCCN(C(=O)C(C)NC(=O)OC(C)(C)C)C(C(=O)NC(C)C)c1ccc(O)cc1. The third-order valence-electron chi connectivity index (χ3n) is 5.09. The second-order valence-corrected chi connectivity index (χ2v) is 9.97. The highest BCUT2D eigenvalue weighted by atomic mass is 16.6. The Hall–Kier alpha value is -2.77. The zero-order chi connectivity index (χ0) is 25.9. The second-order valence-electron chi connectivity index (χ2n) is 9.97. The molecule has 1 aromatic carbocycles. The molecule has 0 aromatic heterocycles. The van der Waals surface area contributed by atoms with Crippen LogP contribution in [0.5, 0.6) is 5.75 Å². The Morgan fingerprint density at radius 1 is 0.971 bits per heavy atom. The summed E-state index contributed by atoms with van der Waals surface area (Å²) in [7, 11) is 0. The number of hydrogen-bond donors (Lipinski definition) is 3. The Bertz CT molecular complexity index is 787. The summed E-state index contributed by atoms with van der Waals surface area (Å²) in [5.41, 5.74) is -0.111. The number of nitrogens with zero attached hydrogens (tertiary/aromatic N) is 1. The van der Waals surface area contributed by atoms with E-state index in [1.54, 1.807) is 39.8 Å². The molecule has 34 heavy (non-hydrogen) atoms. The van der Waals surface area contributed by atoms with Crippen LogP contribution in [0.15, 0.2) is 24.3 Å². The molecule has 0 aliphatic carbocycles. The van der Waals surface area contributed by atoms with Gasteiger partial charge in [-0.05, 0) is 65.7 Å². The summed E-state index contributed by atoms with van der Waals surface area (Å²) in [5, 5.41) is 15.2. The summed E-state index contributed by atoms with van der Waals surface area (Å²) in [5.74, 6) is -0.616. The fourth-order valence-corrected chi connectivity index (χ4v) is 3.54. The van der Waals surface area contributed by atoms with Crippen LogP contribution in [-0.4, -0.2) is 52.1 Å². The highest BCUT2D eigenvalue weighted by molar-refractivity contribution is 5.92. The van der Waals surface area contributed by atoms with Crippen LogP contribution in [0.1, 0.15) is 92.2 Å². The zero-order valence-corrected chi connectivity index (χ0v) is 21.8. The Balaban J connectivity index is 3.23. The summed E-state index contributed by atoms with van der Waals surface area (Å²) >= 11 is 0. The van der Waals surface area contributed by atoms with E-state index in [1.807, 2.05) is 13.8 Å². The highest BCUT2D eigenvalue weighted by Gasteiger charge is 2.34. The van der Waals surface area contributed by atoms with E-state index in [2.05, 4.69) is 17.6 Å². The van der Waals surface area contributed by atoms with Gasteiger partial charge in [-0.3, -0.25) is 9.59 Å². The lowest BCUT2D eigenvalue weighted by Crippen LogP contribution is -2.52. The molecule has 0 heterocycles. The van der Waals surface area contributed by atoms with Gasteiger partial charge in [0.1, 0.15) is 23.4 Å². The van der Waals surface area contributed by atoms with Crippen LogP contribution in [0.4, 0.5) is 4.79 Å². The number of ether oxygens (including phenoxy) is 1. The molecule has 1 aromatic rings. The molecule has 3 amide bonds. The van der Waals surface area contributed by atoms with Crippen molar-refractivity contribution in [1.29, 1.82) is 0 Å². The molecule has 1 rings (SSSR count). The van der Waals surface area contributed by atoms with Gasteiger partial charge in [0, 0.05) is 12.6 Å². The fourth-order valence-electron chi connectivity index (χ4n) is 3.54. The third kappa shape index (κ3) is 10.4. The molecule has 0 saturated carbocycles. The molecule has 0 aliphatic heterocycles. The topological polar surface area (TPSA) is 108 Å². The zero-order valence-electron chi connectivity index (χ0n) is 21.8. The summed E-state index contributed by atoms with van der Waals surface area (Å²) in [6.45, 7) is 13.0. The number of rotatable bonds is 12. The highest BCUT2D eigenvalue weighted by Crippen LogP contribution is 2.25. The number of phenolic OH excluding ortho intramolecular Hbond substituents is 1. The van der Waals surface area contributed by atoms with Gasteiger partial charge in [0.05, 0.1) is 0 Å². The number of alkyl carbamates (subject to hydrolysis) is 1. The number of hydrogen-bond acceptors (Lipinski definition) is 5. The fraction of sp³-hybridized carbons (Fsp3) is 0.654. The van der Waals surface area contributed by atoms with Crippen LogP contribution >= 0.6 is 0 Å². The van der Waals surface area contributed by atoms with Gasteiger partial charge in [-0.2, -0.15) is 0 Å². The van der Waals surface area contributed by atoms with Crippen LogP contribution in [0.2, 0.25) is 0 Å². The number of phenols is 1. The molecule has 0 radical (unpaired) electrons. The van der Waals surface area contributed by atoms with Crippen molar-refractivity contribution in [1.82, 2.24) is 15.5 Å². The van der Waals surface area contributed by atoms with Crippen LogP contribution in [0.25, 0.3) is 0 Å². The van der Waals surface area contributed by atoms with Gasteiger partial charge < -0.3 is 25.4 Å². The molecule has 2 unspecified atom stereocenters. The third-order valence-corrected chi connectivity index (χ3v) is 5.09. The normalized spacial score (nSPS) is 13.2. The minimum atomic E-state index is -0.899. The van der Waals surface area contributed by atoms with E-state index in [1.165, 1.54) is 17.0 Å². The largest absolute Gasteiger partial charge is 0.508 e. The number of aromatic hydroxyl groups is 1. The van der Waals surface area contributed by atoms with E-state index in [9.17, 15) is 19.5 Å². The smallest absolute Gasteiger partial charge is 0.408 e. The Morgan fingerprint density at radius 2 is 1.56 bits per heavy atom. The lowest BCUT2D eigenvalue weighted by Gasteiger charge is -2.34. The van der Waals surface area contributed by atoms with Crippen LogP contribution in [0.3, 0.4) is 0 Å². The second kappa shape index (κ2) is 13.8. The number of benzene rings is 1. The lowest BCUT2D eigenvalue weighted by atomic mass is 10.0. The van der Waals surface area contributed by atoms with Gasteiger partial charge in [-0.25, -0.2) is 4.79 Å². The minimum Gasteiger partial charge on any atom is -0.508 e. The molecule has 0 spiro atoms. The van der Waals surface area contributed by atoms with Gasteiger partial charge in [0.25, 0.3) is 0 Å². The monoisotopic (exact) mass is 477 g/mol. The van der Waals surface area contributed by atoms with Gasteiger partial charge in [-0.15, -0.1) is 0 Å². The summed E-state index contributed by atoms with van der Waals surface area (Å²) in [6, 6.07) is 4.37. The maximum Gasteiger partial charge on any atom is 0.408 e. The van der Waals surface area contributed by atoms with Crippen molar-refractivity contribution in [3.05, 3.63) is 29.8 Å². The first-order valence-electron chi connectivity index (χ1n) is 12.2. The average Bonchev–Trinajstić information content (AvgIpc) is 2.71. The molecule has 8 heteroatoms. The number of nitrogens with one attached hydrogen (secondary N) is 2. The van der Waals surface area contributed by atoms with Crippen molar-refractivity contribution < 1.29 is 24.2 Å². The summed E-state index contributed by atoms with van der Waals surface area (Å²) in [4.78, 5) is 40.6. The predicted molar refractivity (Wildman–Crippen MR) is 133 cm³/mol. The predicted octanol–water partition coefficient (Wildman–Crippen LogP) is 4.67. The van der Waals surface area contributed by atoms with Gasteiger partial charge in [0.2, 0.25) is 11.8 Å². The van der Waals surface area contributed by atoms with E-state index in [-0.39, 0.29) is 23.6 Å². The van der Waals surface area contributed by atoms with E-state index >= 15 is 0 Å². The van der Waals surface area contributed by atoms with Crippen molar-refractivity contribution in [3.8, 4) is 5.75 Å². The minimum absolute atomic E-state index is 0.0733. The number of carbonyl (C=O) groups excluding carboxylic acids is 3. The van der Waals surface area contributed by atoms with Crippen molar-refractivity contribution in [2.45, 2.75) is 104 Å².